The van der Waals surface area contributed by atoms with Crippen molar-refractivity contribution in [3.63, 3.8) is 0 Å². The smallest absolute Gasteiger partial charge is 0.234 e. The van der Waals surface area contributed by atoms with Gasteiger partial charge < -0.3 is 15.3 Å². The molecule has 28 heavy (non-hydrogen) atoms. The van der Waals surface area contributed by atoms with Gasteiger partial charge >= 0.3 is 0 Å². The first kappa shape index (κ1) is 20.6. The van der Waals surface area contributed by atoms with Gasteiger partial charge in [-0.3, -0.25) is 9.69 Å². The van der Waals surface area contributed by atoms with Crippen LogP contribution >= 0.6 is 0 Å². The minimum absolute atomic E-state index is 0.0315. The summed E-state index contributed by atoms with van der Waals surface area (Å²) < 4.78 is 0. The predicted octanol–water partition coefficient (Wildman–Crippen LogP) is 2.28. The fourth-order valence-corrected chi connectivity index (χ4v) is 4.39. The van der Waals surface area contributed by atoms with Gasteiger partial charge in [0.2, 0.25) is 5.91 Å². The molecule has 2 N–H and O–H groups in total. The summed E-state index contributed by atoms with van der Waals surface area (Å²) >= 11 is 0. The van der Waals surface area contributed by atoms with Gasteiger partial charge in [0.1, 0.15) is 6.42 Å². The molecule has 0 atom stereocenters. The molecule has 0 spiro atoms. The van der Waals surface area contributed by atoms with E-state index in [4.69, 9.17) is 5.26 Å². The highest BCUT2D eigenvalue weighted by atomic mass is 16.3. The molecule has 6 nitrogen and oxygen atoms in total. The summed E-state index contributed by atoms with van der Waals surface area (Å²) in [4.78, 5) is 16.5. The number of hydrogen-bond acceptors (Lipinski definition) is 5. The van der Waals surface area contributed by atoms with Crippen LogP contribution in [0.25, 0.3) is 0 Å². The lowest BCUT2D eigenvalue weighted by molar-refractivity contribution is -0.121. The van der Waals surface area contributed by atoms with Crippen molar-refractivity contribution < 1.29 is 9.90 Å². The van der Waals surface area contributed by atoms with Crippen LogP contribution in [0.1, 0.15) is 44.1 Å². The molecule has 0 unspecified atom stereocenters. The van der Waals surface area contributed by atoms with Gasteiger partial charge in [-0.2, -0.15) is 5.26 Å². The Balaban J connectivity index is 1.34. The fraction of sp³-hybridized carbons (Fsp3) is 0.636. The van der Waals surface area contributed by atoms with Gasteiger partial charge in [0, 0.05) is 37.9 Å². The maximum absolute atomic E-state index is 11.5. The minimum atomic E-state index is -0.131. The number of benzene rings is 1. The van der Waals surface area contributed by atoms with E-state index in [2.05, 4.69) is 27.2 Å². The van der Waals surface area contributed by atoms with Crippen LogP contribution in [0, 0.1) is 17.2 Å². The zero-order valence-corrected chi connectivity index (χ0v) is 16.6. The summed E-state index contributed by atoms with van der Waals surface area (Å²) in [7, 11) is 0. The van der Waals surface area contributed by atoms with Gasteiger partial charge in [-0.1, -0.05) is 12.1 Å². The molecular formula is C22H32N4O2. The van der Waals surface area contributed by atoms with Crippen molar-refractivity contribution >= 4 is 11.6 Å². The summed E-state index contributed by atoms with van der Waals surface area (Å²) in [6.45, 7) is 5.49. The van der Waals surface area contributed by atoms with Gasteiger partial charge in [0.25, 0.3) is 0 Å². The van der Waals surface area contributed by atoms with Crippen molar-refractivity contribution in [3.8, 4) is 6.07 Å². The molecule has 1 heterocycles. The Morgan fingerprint density at radius 1 is 1.18 bits per heavy atom. The fourth-order valence-electron chi connectivity index (χ4n) is 4.39. The van der Waals surface area contributed by atoms with Crippen LogP contribution in [-0.2, 0) is 11.4 Å². The second-order valence-electron chi connectivity index (χ2n) is 8.07. The summed E-state index contributed by atoms with van der Waals surface area (Å²) in [6, 6.07) is 10.4. The van der Waals surface area contributed by atoms with Crippen molar-refractivity contribution in [1.29, 1.82) is 5.26 Å². The lowest BCUT2D eigenvalue weighted by atomic mass is 9.84. The predicted molar refractivity (Wildman–Crippen MR) is 110 cm³/mol. The van der Waals surface area contributed by atoms with Crippen molar-refractivity contribution in [1.82, 2.24) is 10.2 Å². The Morgan fingerprint density at radius 2 is 1.93 bits per heavy atom. The Morgan fingerprint density at radius 3 is 2.61 bits per heavy atom. The summed E-state index contributed by atoms with van der Waals surface area (Å²) in [5.41, 5.74) is 2.18. The van der Waals surface area contributed by atoms with Crippen molar-refractivity contribution in [2.45, 2.75) is 51.2 Å². The standard InChI is InChI=1S/C22H32N4O2/c23-10-8-22(28)24-20-6-4-18(5-7-20)9-11-25-12-14-26(15-13-25)21-3-1-2-19(16-21)17-27/h1-3,16,18,20,27H,4-9,11-15,17H2,(H,24,28)/t18-,20-. The first-order valence-electron chi connectivity index (χ1n) is 10.5. The number of aliphatic hydroxyl groups is 1. The summed E-state index contributed by atoms with van der Waals surface area (Å²) in [5.74, 6) is 0.622. The maximum atomic E-state index is 11.5. The Hall–Kier alpha value is -2.10. The van der Waals surface area contributed by atoms with E-state index in [9.17, 15) is 9.90 Å². The van der Waals surface area contributed by atoms with Crippen LogP contribution in [0.4, 0.5) is 5.69 Å². The molecule has 1 amide bonds. The number of aliphatic hydroxyl groups excluding tert-OH is 1. The lowest BCUT2D eigenvalue weighted by Crippen LogP contribution is -2.47. The van der Waals surface area contributed by atoms with Gasteiger partial charge in [-0.05, 0) is 62.3 Å². The first-order chi connectivity index (χ1) is 13.7. The molecule has 2 aliphatic rings. The minimum Gasteiger partial charge on any atom is -0.392 e. The van der Waals surface area contributed by atoms with E-state index in [1.165, 1.54) is 24.9 Å². The van der Waals surface area contributed by atoms with E-state index >= 15 is 0 Å². The Labute approximate surface area is 168 Å². The van der Waals surface area contributed by atoms with E-state index < -0.39 is 0 Å². The van der Waals surface area contributed by atoms with E-state index in [0.29, 0.717) is 0 Å². The van der Waals surface area contributed by atoms with E-state index in [0.717, 1.165) is 57.0 Å². The van der Waals surface area contributed by atoms with Crippen LogP contribution < -0.4 is 10.2 Å². The number of rotatable bonds is 7. The topological polar surface area (TPSA) is 79.6 Å². The van der Waals surface area contributed by atoms with Gasteiger partial charge in [0.15, 0.2) is 0 Å². The van der Waals surface area contributed by atoms with Gasteiger partial charge in [0.05, 0.1) is 12.7 Å². The van der Waals surface area contributed by atoms with Crippen molar-refractivity contribution in [3.05, 3.63) is 29.8 Å². The zero-order valence-electron chi connectivity index (χ0n) is 16.6. The number of nitrogens with zero attached hydrogens (tertiary/aromatic N) is 3. The molecule has 2 fully saturated rings. The molecule has 1 aliphatic carbocycles. The normalized spacial score (nSPS) is 23.2. The number of piperazine rings is 1. The molecule has 1 aromatic carbocycles. The number of anilines is 1. The second kappa shape index (κ2) is 10.4. The number of carbonyl (C=O) groups excluding carboxylic acids is 1. The number of amides is 1. The Bertz CT molecular complexity index is 671. The first-order valence-corrected chi connectivity index (χ1v) is 10.5. The molecule has 3 rings (SSSR count). The van der Waals surface area contributed by atoms with Crippen molar-refractivity contribution in [2.75, 3.05) is 37.6 Å². The van der Waals surface area contributed by atoms with Crippen LogP contribution in [0.3, 0.4) is 0 Å². The quantitative estimate of drug-likeness (QED) is 0.754. The molecule has 0 bridgehead atoms. The average molecular weight is 385 g/mol. The highest BCUT2D eigenvalue weighted by Gasteiger charge is 2.24. The molecule has 1 saturated heterocycles. The molecule has 1 aliphatic heterocycles. The molecule has 152 valence electrons. The SMILES string of the molecule is N#CCC(=O)N[C@H]1CC[C@H](CCN2CCN(c3cccc(CO)c3)CC2)CC1. The number of nitriles is 1. The molecule has 6 heteroatoms. The number of carbonyl (C=O) groups is 1. The molecule has 1 saturated carbocycles. The summed E-state index contributed by atoms with van der Waals surface area (Å²) in [5, 5.41) is 20.9. The Kier molecular flexibility index (Phi) is 7.70. The maximum Gasteiger partial charge on any atom is 0.234 e. The molecular weight excluding hydrogens is 352 g/mol. The number of hydrogen-bond donors (Lipinski definition) is 2. The van der Waals surface area contributed by atoms with Crippen LogP contribution in [0.15, 0.2) is 24.3 Å². The lowest BCUT2D eigenvalue weighted by Gasteiger charge is -2.37. The highest BCUT2D eigenvalue weighted by molar-refractivity contribution is 5.78. The van der Waals surface area contributed by atoms with Gasteiger partial charge in [-0.15, -0.1) is 0 Å². The van der Waals surface area contributed by atoms with E-state index in [1.807, 2.05) is 18.2 Å². The van der Waals surface area contributed by atoms with Gasteiger partial charge in [-0.25, -0.2) is 0 Å². The monoisotopic (exact) mass is 384 g/mol. The largest absolute Gasteiger partial charge is 0.392 e. The third kappa shape index (κ3) is 5.95. The second-order valence-corrected chi connectivity index (χ2v) is 8.07. The third-order valence-corrected chi connectivity index (χ3v) is 6.14. The number of nitrogens with one attached hydrogen (secondary N) is 1. The zero-order chi connectivity index (χ0) is 19.8. The molecule has 0 radical (unpaired) electrons. The highest BCUT2D eigenvalue weighted by Crippen LogP contribution is 2.27. The third-order valence-electron chi connectivity index (χ3n) is 6.14. The van der Waals surface area contributed by atoms with Crippen LogP contribution in [-0.4, -0.2) is 54.7 Å². The molecule has 1 aromatic rings. The molecule has 0 aromatic heterocycles. The summed E-state index contributed by atoms with van der Waals surface area (Å²) in [6.07, 6.45) is 5.62. The van der Waals surface area contributed by atoms with E-state index in [1.54, 1.807) is 0 Å². The van der Waals surface area contributed by atoms with Crippen LogP contribution in [0.2, 0.25) is 0 Å². The van der Waals surface area contributed by atoms with E-state index in [-0.39, 0.29) is 25.0 Å². The average Bonchev–Trinajstić information content (AvgIpc) is 2.74. The van der Waals surface area contributed by atoms with Crippen LogP contribution in [0.5, 0.6) is 0 Å². The van der Waals surface area contributed by atoms with Crippen molar-refractivity contribution in [2.24, 2.45) is 5.92 Å².